The van der Waals surface area contributed by atoms with Crippen LogP contribution in [0, 0.1) is 6.92 Å². The van der Waals surface area contributed by atoms with Gasteiger partial charge < -0.3 is 20.7 Å². The fraction of sp³-hybridized carbons (Fsp3) is 0.375. The largest absolute Gasteiger partial charge is 0.483 e. The van der Waals surface area contributed by atoms with Gasteiger partial charge in [0.1, 0.15) is 5.75 Å². The van der Waals surface area contributed by atoms with Crippen LogP contribution in [0.5, 0.6) is 5.75 Å². The lowest BCUT2D eigenvalue weighted by Gasteiger charge is -2.23. The molecule has 0 aliphatic carbocycles. The van der Waals surface area contributed by atoms with Crippen LogP contribution in [0.4, 0.5) is 0 Å². The minimum Gasteiger partial charge on any atom is -0.483 e. The molecule has 0 saturated heterocycles. The summed E-state index contributed by atoms with van der Waals surface area (Å²) in [7, 11) is 0. The zero-order valence-corrected chi connectivity index (χ0v) is 18.6. The van der Waals surface area contributed by atoms with Crippen molar-refractivity contribution >= 4 is 17.7 Å². The van der Waals surface area contributed by atoms with E-state index in [1.165, 1.54) is 0 Å². The number of benzene rings is 2. The molecular weight excluding hydrogens is 394 g/mol. The summed E-state index contributed by atoms with van der Waals surface area (Å²) in [6.07, 6.45) is 0. The van der Waals surface area contributed by atoms with Gasteiger partial charge in [-0.05, 0) is 36.1 Å². The molecule has 2 aromatic carbocycles. The Balaban J connectivity index is 1.66. The first-order chi connectivity index (χ1) is 14.7. The number of nitrogens with one attached hydrogen (secondary N) is 3. The van der Waals surface area contributed by atoms with E-state index in [4.69, 9.17) is 4.74 Å². The fourth-order valence-corrected chi connectivity index (χ4v) is 2.87. The number of aryl methyl sites for hydroxylation is 1. The highest BCUT2D eigenvalue weighted by molar-refractivity contribution is 5.96. The summed E-state index contributed by atoms with van der Waals surface area (Å²) in [5.74, 6) is -0.223. The Morgan fingerprint density at radius 2 is 1.52 bits per heavy atom. The number of rotatable bonds is 9. The third-order valence-corrected chi connectivity index (χ3v) is 4.52. The number of amides is 3. The van der Waals surface area contributed by atoms with Gasteiger partial charge in [0.15, 0.2) is 6.61 Å². The van der Waals surface area contributed by atoms with Crippen molar-refractivity contribution < 1.29 is 19.1 Å². The quantitative estimate of drug-likeness (QED) is 0.537. The van der Waals surface area contributed by atoms with Gasteiger partial charge in [-0.25, -0.2) is 0 Å². The molecule has 7 heteroatoms. The van der Waals surface area contributed by atoms with E-state index in [0.29, 0.717) is 11.3 Å². The highest BCUT2D eigenvalue weighted by atomic mass is 16.5. The number of hydrogen-bond donors (Lipinski definition) is 3. The van der Waals surface area contributed by atoms with Crippen LogP contribution in [0.3, 0.4) is 0 Å². The van der Waals surface area contributed by atoms with E-state index in [9.17, 15) is 14.4 Å². The van der Waals surface area contributed by atoms with Crippen LogP contribution in [0.1, 0.15) is 42.3 Å². The first-order valence-corrected chi connectivity index (χ1v) is 10.3. The molecule has 166 valence electrons. The van der Waals surface area contributed by atoms with E-state index in [2.05, 4.69) is 42.8 Å². The number of hydrogen-bond acceptors (Lipinski definition) is 4. The first kappa shape index (κ1) is 23.9. The van der Waals surface area contributed by atoms with E-state index in [1.54, 1.807) is 24.3 Å². The topological polar surface area (TPSA) is 96.5 Å². The third-order valence-electron chi connectivity index (χ3n) is 4.52. The number of ether oxygens (including phenoxy) is 1. The summed E-state index contributed by atoms with van der Waals surface area (Å²) in [4.78, 5) is 35.8. The van der Waals surface area contributed by atoms with E-state index >= 15 is 0 Å². The zero-order valence-electron chi connectivity index (χ0n) is 18.6. The van der Waals surface area contributed by atoms with Crippen molar-refractivity contribution in [2.24, 2.45) is 0 Å². The monoisotopic (exact) mass is 425 g/mol. The SMILES string of the molecule is Cc1ccc(OCC(=O)NCCNC(=O)CNC(=O)c2ccccc2)c(C(C)(C)C)c1. The molecule has 0 spiro atoms. The van der Waals surface area contributed by atoms with Crippen LogP contribution in [-0.4, -0.2) is 44.0 Å². The van der Waals surface area contributed by atoms with Crippen molar-refractivity contribution in [2.75, 3.05) is 26.2 Å². The van der Waals surface area contributed by atoms with Crippen molar-refractivity contribution in [2.45, 2.75) is 33.1 Å². The summed E-state index contributed by atoms with van der Waals surface area (Å²) in [6.45, 7) is 8.59. The van der Waals surface area contributed by atoms with Crippen molar-refractivity contribution in [3.05, 3.63) is 65.2 Å². The molecule has 2 rings (SSSR count). The molecule has 3 amide bonds. The number of carbonyl (C=O) groups is 3. The van der Waals surface area contributed by atoms with Gasteiger partial charge in [0, 0.05) is 18.7 Å². The van der Waals surface area contributed by atoms with Crippen LogP contribution in [0.25, 0.3) is 0 Å². The maximum atomic E-state index is 12.1. The summed E-state index contributed by atoms with van der Waals surface area (Å²) in [5, 5.41) is 7.90. The summed E-state index contributed by atoms with van der Waals surface area (Å²) >= 11 is 0. The fourth-order valence-electron chi connectivity index (χ4n) is 2.87. The molecule has 0 atom stereocenters. The second-order valence-electron chi connectivity index (χ2n) is 8.29. The molecule has 31 heavy (non-hydrogen) atoms. The average Bonchev–Trinajstić information content (AvgIpc) is 2.74. The van der Waals surface area contributed by atoms with Gasteiger partial charge in [-0.2, -0.15) is 0 Å². The van der Waals surface area contributed by atoms with Gasteiger partial charge in [0.2, 0.25) is 5.91 Å². The maximum Gasteiger partial charge on any atom is 0.258 e. The molecule has 3 N–H and O–H groups in total. The molecule has 0 aromatic heterocycles. The normalized spacial score (nSPS) is 10.8. The smallest absolute Gasteiger partial charge is 0.258 e. The van der Waals surface area contributed by atoms with Gasteiger partial charge in [-0.3, -0.25) is 14.4 Å². The van der Waals surface area contributed by atoms with Gasteiger partial charge in [0.25, 0.3) is 11.8 Å². The van der Waals surface area contributed by atoms with Crippen molar-refractivity contribution in [3.63, 3.8) is 0 Å². The molecule has 0 fully saturated rings. The molecule has 0 aliphatic rings. The lowest BCUT2D eigenvalue weighted by Crippen LogP contribution is -2.41. The van der Waals surface area contributed by atoms with Gasteiger partial charge in [0.05, 0.1) is 6.54 Å². The van der Waals surface area contributed by atoms with E-state index < -0.39 is 0 Å². The molecule has 0 unspecified atom stereocenters. The van der Waals surface area contributed by atoms with E-state index in [1.807, 2.05) is 25.1 Å². The van der Waals surface area contributed by atoms with E-state index in [0.717, 1.165) is 11.1 Å². The van der Waals surface area contributed by atoms with Crippen LogP contribution < -0.4 is 20.7 Å². The zero-order chi connectivity index (χ0) is 22.9. The van der Waals surface area contributed by atoms with Crippen LogP contribution in [-0.2, 0) is 15.0 Å². The third kappa shape index (κ3) is 8.12. The van der Waals surface area contributed by atoms with Crippen molar-refractivity contribution in [3.8, 4) is 5.75 Å². The van der Waals surface area contributed by atoms with Gasteiger partial charge >= 0.3 is 0 Å². The second kappa shape index (κ2) is 11.2. The molecule has 0 heterocycles. The summed E-state index contributed by atoms with van der Waals surface area (Å²) < 4.78 is 5.72. The van der Waals surface area contributed by atoms with Gasteiger partial charge in [-0.15, -0.1) is 0 Å². The molecule has 7 nitrogen and oxygen atoms in total. The van der Waals surface area contributed by atoms with Crippen LogP contribution in [0.15, 0.2) is 48.5 Å². The average molecular weight is 426 g/mol. The maximum absolute atomic E-state index is 12.1. The molecule has 0 aliphatic heterocycles. The van der Waals surface area contributed by atoms with Crippen molar-refractivity contribution in [1.82, 2.24) is 16.0 Å². The molecule has 2 aromatic rings. The Morgan fingerprint density at radius 3 is 2.16 bits per heavy atom. The second-order valence-corrected chi connectivity index (χ2v) is 8.29. The Hall–Kier alpha value is -3.35. The van der Waals surface area contributed by atoms with Crippen LogP contribution >= 0.6 is 0 Å². The summed E-state index contributed by atoms with van der Waals surface area (Å²) in [6, 6.07) is 14.6. The Morgan fingerprint density at radius 1 is 0.871 bits per heavy atom. The minimum absolute atomic E-state index is 0.0992. The van der Waals surface area contributed by atoms with Crippen molar-refractivity contribution in [1.29, 1.82) is 0 Å². The Bertz CT molecular complexity index is 905. The highest BCUT2D eigenvalue weighted by Gasteiger charge is 2.19. The standard InChI is InChI=1S/C24H31N3O4/c1-17-10-11-20(19(14-17)24(2,3)4)31-16-22(29)26-13-12-25-21(28)15-27-23(30)18-8-6-5-7-9-18/h5-11,14H,12-13,15-16H2,1-4H3,(H,25,28)(H,26,29)(H,27,30). The molecule has 0 bridgehead atoms. The Labute approximate surface area is 183 Å². The molecular formula is C24H31N3O4. The first-order valence-electron chi connectivity index (χ1n) is 10.3. The lowest BCUT2D eigenvalue weighted by molar-refractivity contribution is -0.123. The van der Waals surface area contributed by atoms with Gasteiger partial charge in [-0.1, -0.05) is 56.7 Å². The Kier molecular flexibility index (Phi) is 8.61. The van der Waals surface area contributed by atoms with E-state index in [-0.39, 0.29) is 49.4 Å². The molecule has 0 radical (unpaired) electrons. The highest BCUT2D eigenvalue weighted by Crippen LogP contribution is 2.32. The predicted octanol–water partition coefficient (Wildman–Crippen LogP) is 2.33. The number of carbonyl (C=O) groups excluding carboxylic acids is 3. The van der Waals surface area contributed by atoms with Crippen LogP contribution in [0.2, 0.25) is 0 Å². The lowest BCUT2D eigenvalue weighted by atomic mass is 9.85. The predicted molar refractivity (Wildman–Crippen MR) is 120 cm³/mol. The molecule has 0 saturated carbocycles. The minimum atomic E-state index is -0.329. The summed E-state index contributed by atoms with van der Waals surface area (Å²) in [5.41, 5.74) is 2.58.